The SMILES string of the molecule is C[C@H]1O[C@@H](O)[C@H](O[C@H]2O[C@@H](O[C@H]3CC[C@@]4(C)[C@H](CC[C@]5(C)[C@@H]4CC=C4[C@H]6CC(C)(C)CC[C@]6(C(=O)O)CC[C@]45C)[C@]3(C)CO)[C@H](O)[C@@H](O)[C@@H]2O)[C@@H](O)[C@@H]1O. The van der Waals surface area contributed by atoms with Crippen LogP contribution in [-0.4, -0.2) is 121 Å². The maximum atomic E-state index is 13.0. The molecular weight excluding hydrogens is 700 g/mol. The van der Waals surface area contributed by atoms with Crippen molar-refractivity contribution in [3.63, 3.8) is 0 Å². The Morgan fingerprint density at radius 2 is 1.43 bits per heavy atom. The van der Waals surface area contributed by atoms with Gasteiger partial charge in [0.2, 0.25) is 0 Å². The molecule has 19 atom stereocenters. The Hall–Kier alpha value is -1.23. The third-order valence-corrected chi connectivity index (χ3v) is 17.1. The Kier molecular flexibility index (Phi) is 10.4. The molecule has 5 aliphatic carbocycles. The van der Waals surface area contributed by atoms with Gasteiger partial charge in [-0.3, -0.25) is 4.79 Å². The number of aliphatic hydroxyl groups excluding tert-OH is 7. The molecule has 0 aromatic carbocycles. The highest BCUT2D eigenvalue weighted by Crippen LogP contribution is 2.76. The molecule has 13 heteroatoms. The van der Waals surface area contributed by atoms with Gasteiger partial charge in [-0.2, -0.15) is 0 Å². The van der Waals surface area contributed by atoms with Gasteiger partial charge in [0, 0.05) is 5.41 Å². The van der Waals surface area contributed by atoms with E-state index in [1.54, 1.807) is 0 Å². The van der Waals surface area contributed by atoms with Crippen LogP contribution >= 0.6 is 0 Å². The molecule has 0 bridgehead atoms. The molecule has 54 heavy (non-hydrogen) atoms. The van der Waals surface area contributed by atoms with Gasteiger partial charge in [-0.15, -0.1) is 0 Å². The first-order chi connectivity index (χ1) is 25.1. The summed E-state index contributed by atoms with van der Waals surface area (Å²) >= 11 is 0. The molecule has 308 valence electrons. The average Bonchev–Trinajstić information content (AvgIpc) is 3.11. The normalized spacial score (nSPS) is 55.7. The smallest absolute Gasteiger partial charge is 0.310 e. The lowest BCUT2D eigenvalue weighted by Gasteiger charge is -2.71. The molecule has 6 fully saturated rings. The summed E-state index contributed by atoms with van der Waals surface area (Å²) in [6.07, 6.45) is -5.72. The predicted molar refractivity (Wildman–Crippen MR) is 193 cm³/mol. The number of carboxylic acids is 1. The van der Waals surface area contributed by atoms with Gasteiger partial charge in [-0.25, -0.2) is 0 Å². The van der Waals surface area contributed by atoms with E-state index in [1.807, 2.05) is 6.92 Å². The molecule has 0 radical (unpaired) electrons. The van der Waals surface area contributed by atoms with E-state index in [1.165, 1.54) is 12.5 Å². The zero-order valence-corrected chi connectivity index (χ0v) is 33.1. The average molecular weight is 767 g/mol. The van der Waals surface area contributed by atoms with Crippen molar-refractivity contribution in [3.05, 3.63) is 11.6 Å². The van der Waals surface area contributed by atoms with Crippen LogP contribution in [0, 0.1) is 50.2 Å². The fourth-order valence-electron chi connectivity index (χ4n) is 13.4. The van der Waals surface area contributed by atoms with Crippen LogP contribution in [0.2, 0.25) is 0 Å². The van der Waals surface area contributed by atoms with Gasteiger partial charge in [0.15, 0.2) is 18.9 Å². The van der Waals surface area contributed by atoms with Crippen molar-refractivity contribution in [1.29, 1.82) is 0 Å². The zero-order chi connectivity index (χ0) is 39.6. The summed E-state index contributed by atoms with van der Waals surface area (Å²) in [5, 5.41) is 86.1. The number of aliphatic carboxylic acids is 1. The molecule has 0 aromatic rings. The van der Waals surface area contributed by atoms with Gasteiger partial charge in [0.1, 0.15) is 36.6 Å². The topological polar surface area (TPSA) is 216 Å². The molecular formula is C41H66O13. The molecule has 4 saturated carbocycles. The maximum Gasteiger partial charge on any atom is 0.310 e. The number of ether oxygens (including phenoxy) is 4. The summed E-state index contributed by atoms with van der Waals surface area (Å²) in [5.41, 5.74) is -0.488. The Labute approximate surface area is 319 Å². The molecule has 2 aliphatic heterocycles. The summed E-state index contributed by atoms with van der Waals surface area (Å²) in [5.74, 6) is -0.332. The van der Waals surface area contributed by atoms with E-state index in [4.69, 9.17) is 18.9 Å². The third-order valence-electron chi connectivity index (χ3n) is 17.1. The second-order valence-electron chi connectivity index (χ2n) is 20.2. The number of carboxylic acid groups (broad SMARTS) is 1. The Bertz CT molecular complexity index is 1470. The monoisotopic (exact) mass is 766 g/mol. The van der Waals surface area contributed by atoms with Crippen LogP contribution in [0.3, 0.4) is 0 Å². The molecule has 7 aliphatic rings. The largest absolute Gasteiger partial charge is 0.481 e. The second kappa shape index (κ2) is 13.7. The molecule has 2 saturated heterocycles. The first kappa shape index (κ1) is 40.9. The molecule has 0 unspecified atom stereocenters. The lowest BCUT2D eigenvalue weighted by atomic mass is 9.33. The zero-order valence-electron chi connectivity index (χ0n) is 33.1. The summed E-state index contributed by atoms with van der Waals surface area (Å²) in [4.78, 5) is 13.0. The summed E-state index contributed by atoms with van der Waals surface area (Å²) in [6.45, 7) is 15.1. The number of carbonyl (C=O) groups is 1. The van der Waals surface area contributed by atoms with E-state index >= 15 is 0 Å². The summed E-state index contributed by atoms with van der Waals surface area (Å²) < 4.78 is 23.4. The quantitative estimate of drug-likeness (QED) is 0.144. The van der Waals surface area contributed by atoms with Gasteiger partial charge in [0.05, 0.1) is 24.2 Å². The van der Waals surface area contributed by atoms with Crippen LogP contribution in [0.25, 0.3) is 0 Å². The minimum absolute atomic E-state index is 0.0158. The van der Waals surface area contributed by atoms with Gasteiger partial charge < -0.3 is 59.8 Å². The lowest BCUT2D eigenvalue weighted by molar-refractivity contribution is -0.395. The van der Waals surface area contributed by atoms with Crippen LogP contribution in [0.5, 0.6) is 0 Å². The highest BCUT2D eigenvalue weighted by Gasteiger charge is 2.70. The van der Waals surface area contributed by atoms with Crippen molar-refractivity contribution < 1.29 is 64.6 Å². The highest BCUT2D eigenvalue weighted by molar-refractivity contribution is 5.76. The Morgan fingerprint density at radius 1 is 0.778 bits per heavy atom. The lowest BCUT2D eigenvalue weighted by Crippen LogP contribution is -2.67. The van der Waals surface area contributed by atoms with Gasteiger partial charge >= 0.3 is 5.97 Å². The van der Waals surface area contributed by atoms with Crippen molar-refractivity contribution in [3.8, 4) is 0 Å². The van der Waals surface area contributed by atoms with Crippen molar-refractivity contribution in [2.45, 2.75) is 180 Å². The van der Waals surface area contributed by atoms with Crippen molar-refractivity contribution in [2.24, 2.45) is 50.2 Å². The van der Waals surface area contributed by atoms with Crippen molar-refractivity contribution >= 4 is 5.97 Å². The molecule has 2 heterocycles. The van der Waals surface area contributed by atoms with Crippen LogP contribution in [0.1, 0.15) is 113 Å². The molecule has 8 N–H and O–H groups in total. The third kappa shape index (κ3) is 5.84. The first-order valence-corrected chi connectivity index (χ1v) is 20.4. The molecule has 13 nitrogen and oxygen atoms in total. The van der Waals surface area contributed by atoms with Crippen LogP contribution in [0.15, 0.2) is 11.6 Å². The van der Waals surface area contributed by atoms with Gasteiger partial charge in [-0.05, 0) is 111 Å². The second-order valence-corrected chi connectivity index (χ2v) is 20.2. The number of hydrogen-bond donors (Lipinski definition) is 8. The highest BCUT2D eigenvalue weighted by atomic mass is 16.8. The molecule has 7 rings (SSSR count). The Morgan fingerprint density at radius 3 is 2.07 bits per heavy atom. The number of fused-ring (bicyclic) bond motifs is 7. The standard InChI is InChI=1S/C41H66O13/c1-20-26(43)28(45)31(32(48)51-20)53-34-30(47)27(44)29(46)33(54-34)52-25-11-12-37(4)23(38(25,5)19-42)10-13-40(7)24(37)9-8-21-22-18-36(2,3)14-16-41(22,35(49)50)17-15-39(21,40)6/h8,20,22-34,42-48H,9-19H2,1-7H3,(H,49,50)/t20-,22-,23+,24-,25+,26-,27-,28+,29-,30+,31-,32-,33-,34+,37+,38+,39-,40-,41+/m1/s1. The first-order valence-electron chi connectivity index (χ1n) is 20.4. The summed E-state index contributed by atoms with van der Waals surface area (Å²) in [6, 6.07) is 0. The van der Waals surface area contributed by atoms with Crippen LogP contribution < -0.4 is 0 Å². The minimum Gasteiger partial charge on any atom is -0.481 e. The van der Waals surface area contributed by atoms with E-state index in [0.717, 1.165) is 44.9 Å². The fourth-order valence-corrected chi connectivity index (χ4v) is 13.4. The summed E-state index contributed by atoms with van der Waals surface area (Å²) in [7, 11) is 0. The Balaban J connectivity index is 1.13. The number of allylic oxidation sites excluding steroid dienone is 2. The van der Waals surface area contributed by atoms with E-state index < -0.39 is 84.5 Å². The van der Waals surface area contributed by atoms with E-state index in [-0.39, 0.29) is 46.0 Å². The van der Waals surface area contributed by atoms with E-state index in [0.29, 0.717) is 19.3 Å². The molecule has 0 spiro atoms. The van der Waals surface area contributed by atoms with Crippen molar-refractivity contribution in [2.75, 3.05) is 6.61 Å². The van der Waals surface area contributed by atoms with Crippen LogP contribution in [0.4, 0.5) is 0 Å². The fraction of sp³-hybridized carbons (Fsp3) is 0.927. The van der Waals surface area contributed by atoms with Gasteiger partial charge in [0.25, 0.3) is 0 Å². The van der Waals surface area contributed by atoms with E-state index in [9.17, 15) is 45.6 Å². The molecule has 0 amide bonds. The van der Waals surface area contributed by atoms with E-state index in [2.05, 4.69) is 40.7 Å². The minimum atomic E-state index is -1.78. The van der Waals surface area contributed by atoms with Crippen LogP contribution in [-0.2, 0) is 23.7 Å². The number of rotatable bonds is 6. The predicted octanol–water partition coefficient (Wildman–Crippen LogP) is 2.84. The maximum absolute atomic E-state index is 13.0. The number of aliphatic hydroxyl groups is 7. The van der Waals surface area contributed by atoms with Gasteiger partial charge in [-0.1, -0.05) is 53.2 Å². The molecule has 0 aromatic heterocycles. The van der Waals surface area contributed by atoms with Crippen molar-refractivity contribution in [1.82, 2.24) is 0 Å². The number of hydrogen-bond acceptors (Lipinski definition) is 12.